The average Bonchev–Trinajstić information content (AvgIpc) is 2.86. The van der Waals surface area contributed by atoms with Crippen molar-refractivity contribution in [3.8, 4) is 0 Å². The molecule has 0 aliphatic carbocycles. The SMILES string of the molecule is Cc1ccc(C)c(C(C)NCC(C)(O)c2cnn(C)c2)c1. The molecule has 2 aromatic rings. The molecule has 2 unspecified atom stereocenters. The summed E-state index contributed by atoms with van der Waals surface area (Å²) < 4.78 is 1.71. The molecule has 0 aliphatic rings. The molecule has 21 heavy (non-hydrogen) atoms. The Balaban J connectivity index is 2.06. The van der Waals surface area contributed by atoms with Gasteiger partial charge in [0, 0.05) is 31.4 Å². The first-order valence-corrected chi connectivity index (χ1v) is 7.31. The van der Waals surface area contributed by atoms with E-state index in [9.17, 15) is 5.11 Å². The summed E-state index contributed by atoms with van der Waals surface area (Å²) in [6.07, 6.45) is 3.56. The maximum absolute atomic E-state index is 10.6. The molecular weight excluding hydrogens is 262 g/mol. The van der Waals surface area contributed by atoms with Crippen molar-refractivity contribution in [2.45, 2.75) is 39.3 Å². The molecule has 4 heteroatoms. The predicted octanol–water partition coefficient (Wildman–Crippen LogP) is 2.60. The highest BCUT2D eigenvalue weighted by Crippen LogP contribution is 2.22. The summed E-state index contributed by atoms with van der Waals surface area (Å²) >= 11 is 0. The van der Waals surface area contributed by atoms with Crippen LogP contribution in [0.4, 0.5) is 0 Å². The van der Waals surface area contributed by atoms with Gasteiger partial charge < -0.3 is 10.4 Å². The largest absolute Gasteiger partial charge is 0.384 e. The number of aromatic nitrogens is 2. The summed E-state index contributed by atoms with van der Waals surface area (Å²) in [4.78, 5) is 0. The van der Waals surface area contributed by atoms with Crippen LogP contribution in [0.3, 0.4) is 0 Å². The lowest BCUT2D eigenvalue weighted by Gasteiger charge is -2.26. The van der Waals surface area contributed by atoms with Gasteiger partial charge in [-0.1, -0.05) is 23.8 Å². The van der Waals surface area contributed by atoms with Crippen LogP contribution < -0.4 is 5.32 Å². The Kier molecular flexibility index (Phi) is 4.49. The van der Waals surface area contributed by atoms with Gasteiger partial charge in [0.2, 0.25) is 0 Å². The first-order chi connectivity index (χ1) is 9.79. The molecule has 1 aromatic carbocycles. The number of nitrogens with zero attached hydrogens (tertiary/aromatic N) is 2. The van der Waals surface area contributed by atoms with Crippen molar-refractivity contribution >= 4 is 0 Å². The number of nitrogens with one attached hydrogen (secondary N) is 1. The lowest BCUT2D eigenvalue weighted by Crippen LogP contribution is -2.36. The molecule has 114 valence electrons. The van der Waals surface area contributed by atoms with Gasteiger partial charge in [-0.25, -0.2) is 0 Å². The minimum Gasteiger partial charge on any atom is -0.384 e. The van der Waals surface area contributed by atoms with Gasteiger partial charge in [-0.2, -0.15) is 5.10 Å². The van der Waals surface area contributed by atoms with E-state index in [1.807, 2.05) is 20.2 Å². The molecule has 0 aliphatic heterocycles. The Hall–Kier alpha value is -1.65. The minimum atomic E-state index is -0.930. The van der Waals surface area contributed by atoms with Crippen molar-refractivity contribution < 1.29 is 5.11 Å². The van der Waals surface area contributed by atoms with Gasteiger partial charge in [-0.15, -0.1) is 0 Å². The van der Waals surface area contributed by atoms with E-state index in [4.69, 9.17) is 0 Å². The molecule has 0 fully saturated rings. The zero-order valence-electron chi connectivity index (χ0n) is 13.5. The van der Waals surface area contributed by atoms with Crippen LogP contribution in [0.1, 0.15) is 42.1 Å². The summed E-state index contributed by atoms with van der Waals surface area (Å²) in [6.45, 7) is 8.63. The Morgan fingerprint density at radius 2 is 2.10 bits per heavy atom. The predicted molar refractivity (Wildman–Crippen MR) is 85.1 cm³/mol. The van der Waals surface area contributed by atoms with Crippen LogP contribution in [-0.4, -0.2) is 21.4 Å². The van der Waals surface area contributed by atoms with Gasteiger partial charge in [-0.3, -0.25) is 4.68 Å². The number of rotatable bonds is 5. The monoisotopic (exact) mass is 287 g/mol. The highest BCUT2D eigenvalue weighted by molar-refractivity contribution is 5.32. The standard InChI is InChI=1S/C17H25N3O/c1-12-6-7-13(2)16(8-12)14(3)18-11-17(4,21)15-9-19-20(5)10-15/h6-10,14,18,21H,11H2,1-5H3. The third-order valence-corrected chi connectivity index (χ3v) is 3.98. The van der Waals surface area contributed by atoms with E-state index < -0.39 is 5.60 Å². The number of hydrogen-bond donors (Lipinski definition) is 2. The molecule has 0 radical (unpaired) electrons. The van der Waals surface area contributed by atoms with E-state index in [0.717, 1.165) is 5.56 Å². The molecule has 0 bridgehead atoms. The first kappa shape index (κ1) is 15.7. The fraction of sp³-hybridized carbons (Fsp3) is 0.471. The zero-order chi connectivity index (χ0) is 15.6. The quantitative estimate of drug-likeness (QED) is 0.888. The van der Waals surface area contributed by atoms with Gasteiger partial charge in [0.05, 0.1) is 6.20 Å². The second-order valence-electron chi connectivity index (χ2n) is 6.14. The van der Waals surface area contributed by atoms with E-state index in [1.165, 1.54) is 16.7 Å². The second-order valence-corrected chi connectivity index (χ2v) is 6.14. The van der Waals surface area contributed by atoms with E-state index in [2.05, 4.69) is 49.4 Å². The fourth-order valence-corrected chi connectivity index (χ4v) is 2.49. The van der Waals surface area contributed by atoms with Gasteiger partial charge in [-0.05, 0) is 38.8 Å². The first-order valence-electron chi connectivity index (χ1n) is 7.31. The van der Waals surface area contributed by atoms with E-state index in [0.29, 0.717) is 6.54 Å². The molecule has 0 saturated carbocycles. The number of benzene rings is 1. The molecule has 2 atom stereocenters. The van der Waals surface area contributed by atoms with E-state index in [1.54, 1.807) is 10.9 Å². The summed E-state index contributed by atoms with van der Waals surface area (Å²) in [5.74, 6) is 0. The fourth-order valence-electron chi connectivity index (χ4n) is 2.49. The highest BCUT2D eigenvalue weighted by Gasteiger charge is 2.25. The van der Waals surface area contributed by atoms with Gasteiger partial charge in [0.15, 0.2) is 0 Å². The molecular formula is C17H25N3O. The molecule has 0 saturated heterocycles. The minimum absolute atomic E-state index is 0.188. The highest BCUT2D eigenvalue weighted by atomic mass is 16.3. The van der Waals surface area contributed by atoms with Crippen molar-refractivity contribution in [3.05, 3.63) is 52.8 Å². The van der Waals surface area contributed by atoms with Crippen LogP contribution in [0.5, 0.6) is 0 Å². The molecule has 0 amide bonds. The lowest BCUT2D eigenvalue weighted by atomic mass is 9.96. The van der Waals surface area contributed by atoms with Crippen molar-refractivity contribution in [1.82, 2.24) is 15.1 Å². The Morgan fingerprint density at radius 3 is 2.71 bits per heavy atom. The van der Waals surface area contributed by atoms with Crippen LogP contribution in [0.2, 0.25) is 0 Å². The van der Waals surface area contributed by atoms with Crippen molar-refractivity contribution in [1.29, 1.82) is 0 Å². The molecule has 2 N–H and O–H groups in total. The van der Waals surface area contributed by atoms with Crippen molar-refractivity contribution in [2.24, 2.45) is 7.05 Å². The average molecular weight is 287 g/mol. The maximum Gasteiger partial charge on any atom is 0.102 e. The molecule has 2 rings (SSSR count). The van der Waals surface area contributed by atoms with Gasteiger partial charge in [0.1, 0.15) is 5.60 Å². The molecule has 0 spiro atoms. The third kappa shape index (κ3) is 3.71. The van der Waals surface area contributed by atoms with Crippen LogP contribution in [0.25, 0.3) is 0 Å². The summed E-state index contributed by atoms with van der Waals surface area (Å²) in [6, 6.07) is 6.65. The third-order valence-electron chi connectivity index (χ3n) is 3.98. The van der Waals surface area contributed by atoms with Crippen LogP contribution in [-0.2, 0) is 12.6 Å². The Labute approximate surface area is 126 Å². The van der Waals surface area contributed by atoms with Crippen molar-refractivity contribution in [2.75, 3.05) is 6.54 Å². The summed E-state index contributed by atoms with van der Waals surface area (Å²) in [5, 5.41) is 18.2. The zero-order valence-corrected chi connectivity index (χ0v) is 13.5. The number of aryl methyl sites for hydroxylation is 3. The summed E-state index contributed by atoms with van der Waals surface area (Å²) in [5.41, 5.74) is 3.69. The van der Waals surface area contributed by atoms with Crippen molar-refractivity contribution in [3.63, 3.8) is 0 Å². The normalized spacial score (nSPS) is 15.7. The van der Waals surface area contributed by atoms with Gasteiger partial charge >= 0.3 is 0 Å². The summed E-state index contributed by atoms with van der Waals surface area (Å²) in [7, 11) is 1.85. The van der Waals surface area contributed by atoms with Crippen LogP contribution >= 0.6 is 0 Å². The molecule has 1 aromatic heterocycles. The lowest BCUT2D eigenvalue weighted by molar-refractivity contribution is 0.0542. The maximum atomic E-state index is 10.6. The smallest absolute Gasteiger partial charge is 0.102 e. The topological polar surface area (TPSA) is 50.1 Å². The number of hydrogen-bond acceptors (Lipinski definition) is 3. The van der Waals surface area contributed by atoms with Crippen LogP contribution in [0, 0.1) is 13.8 Å². The Morgan fingerprint density at radius 1 is 1.38 bits per heavy atom. The number of aliphatic hydroxyl groups is 1. The van der Waals surface area contributed by atoms with E-state index >= 15 is 0 Å². The Bertz CT molecular complexity index is 616. The molecule has 1 heterocycles. The molecule has 4 nitrogen and oxygen atoms in total. The van der Waals surface area contributed by atoms with Gasteiger partial charge in [0.25, 0.3) is 0 Å². The van der Waals surface area contributed by atoms with E-state index in [-0.39, 0.29) is 6.04 Å². The second kappa shape index (κ2) is 6.00. The van der Waals surface area contributed by atoms with Crippen LogP contribution in [0.15, 0.2) is 30.6 Å².